The molecular formula is C17H11F4NO2. The number of carbonyl (C=O) groups is 2. The Balaban J connectivity index is 2.17. The molecular weight excluding hydrogens is 326 g/mol. The van der Waals surface area contributed by atoms with Crippen molar-refractivity contribution in [1.82, 2.24) is 4.90 Å². The normalized spacial score (nSPS) is 15.0. The predicted molar refractivity (Wildman–Crippen MR) is 76.2 cm³/mol. The molecule has 1 heterocycles. The number of amides is 2. The van der Waals surface area contributed by atoms with Crippen LogP contribution in [-0.4, -0.2) is 16.7 Å². The van der Waals surface area contributed by atoms with Crippen molar-refractivity contribution in [3.8, 4) is 0 Å². The molecule has 1 aliphatic heterocycles. The third-order valence-corrected chi connectivity index (χ3v) is 4.02. The molecule has 0 N–H and O–H groups in total. The van der Waals surface area contributed by atoms with Crippen LogP contribution in [0.2, 0.25) is 0 Å². The van der Waals surface area contributed by atoms with Crippen molar-refractivity contribution in [1.29, 1.82) is 0 Å². The van der Waals surface area contributed by atoms with Gasteiger partial charge in [-0.25, -0.2) is 17.6 Å². The molecule has 0 aliphatic carbocycles. The first kappa shape index (κ1) is 16.2. The van der Waals surface area contributed by atoms with E-state index in [0.717, 1.165) is 0 Å². The van der Waals surface area contributed by atoms with Gasteiger partial charge in [-0.15, -0.1) is 0 Å². The number of rotatable bonds is 3. The molecule has 0 radical (unpaired) electrons. The summed E-state index contributed by atoms with van der Waals surface area (Å²) < 4.78 is 54.7. The Hall–Kier alpha value is -2.70. The Morgan fingerprint density at radius 3 is 1.71 bits per heavy atom. The van der Waals surface area contributed by atoms with Crippen molar-refractivity contribution < 1.29 is 27.2 Å². The summed E-state index contributed by atoms with van der Waals surface area (Å²) in [5.41, 5.74) is -1.56. The van der Waals surface area contributed by atoms with Crippen LogP contribution in [0.25, 0.3) is 0 Å². The molecule has 0 bridgehead atoms. The highest BCUT2D eigenvalue weighted by atomic mass is 19.2. The highest BCUT2D eigenvalue weighted by Crippen LogP contribution is 2.37. The lowest BCUT2D eigenvalue weighted by Crippen LogP contribution is -2.34. The van der Waals surface area contributed by atoms with Crippen molar-refractivity contribution >= 4 is 11.8 Å². The smallest absolute Gasteiger partial charge is 0.265 e. The number of hydrogen-bond donors (Lipinski definition) is 0. The second kappa shape index (κ2) is 5.74. The summed E-state index contributed by atoms with van der Waals surface area (Å²) in [7, 11) is 0. The van der Waals surface area contributed by atoms with Crippen LogP contribution in [-0.2, 0) is 0 Å². The quantitative estimate of drug-likeness (QED) is 0.368. The van der Waals surface area contributed by atoms with E-state index in [4.69, 9.17) is 0 Å². The summed E-state index contributed by atoms with van der Waals surface area (Å²) in [4.78, 5) is 25.5. The fourth-order valence-corrected chi connectivity index (χ4v) is 2.89. The summed E-state index contributed by atoms with van der Waals surface area (Å²) in [5, 5.41) is 0. The topological polar surface area (TPSA) is 37.4 Å². The fourth-order valence-electron chi connectivity index (χ4n) is 2.89. The van der Waals surface area contributed by atoms with Crippen molar-refractivity contribution in [3.05, 3.63) is 70.3 Å². The maximum absolute atomic E-state index is 13.9. The van der Waals surface area contributed by atoms with E-state index in [1.807, 2.05) is 0 Å². The minimum absolute atomic E-state index is 0.268. The molecule has 24 heavy (non-hydrogen) atoms. The summed E-state index contributed by atoms with van der Waals surface area (Å²) in [6.45, 7) is 1.68. The van der Waals surface area contributed by atoms with Gasteiger partial charge in [-0.1, -0.05) is 37.3 Å². The predicted octanol–water partition coefficient (Wildman–Crippen LogP) is 3.99. The molecule has 2 aromatic rings. The van der Waals surface area contributed by atoms with Gasteiger partial charge in [-0.3, -0.25) is 14.5 Å². The Morgan fingerprint density at radius 1 is 0.833 bits per heavy atom. The minimum Gasteiger partial charge on any atom is -0.268 e. The molecule has 2 amide bonds. The van der Waals surface area contributed by atoms with Gasteiger partial charge in [0, 0.05) is 0 Å². The average molecular weight is 337 g/mol. The van der Waals surface area contributed by atoms with Crippen LogP contribution in [0, 0.1) is 23.3 Å². The van der Waals surface area contributed by atoms with Crippen molar-refractivity contribution in [2.45, 2.75) is 19.4 Å². The zero-order valence-electron chi connectivity index (χ0n) is 12.4. The van der Waals surface area contributed by atoms with Crippen LogP contribution >= 0.6 is 0 Å². The van der Waals surface area contributed by atoms with Crippen LogP contribution in [0.3, 0.4) is 0 Å². The number of carbonyl (C=O) groups excluding carboxylic acids is 2. The summed E-state index contributed by atoms with van der Waals surface area (Å²) in [6.07, 6.45) is 0.268. The van der Waals surface area contributed by atoms with Crippen LogP contribution in [0.5, 0.6) is 0 Å². The molecule has 0 saturated heterocycles. The summed E-state index contributed by atoms with van der Waals surface area (Å²) in [5.74, 6) is -10.3. The number of benzene rings is 2. The van der Waals surface area contributed by atoms with Gasteiger partial charge in [0.2, 0.25) is 0 Å². The van der Waals surface area contributed by atoms with Gasteiger partial charge in [-0.05, 0) is 12.0 Å². The zero-order chi connectivity index (χ0) is 17.6. The lowest BCUT2D eigenvalue weighted by Gasteiger charge is -2.25. The monoisotopic (exact) mass is 337 g/mol. The Labute approximate surface area is 134 Å². The molecule has 0 unspecified atom stereocenters. The molecule has 0 fully saturated rings. The molecule has 3 rings (SSSR count). The maximum atomic E-state index is 13.9. The highest BCUT2D eigenvalue weighted by molar-refractivity contribution is 6.21. The average Bonchev–Trinajstić information content (AvgIpc) is 2.85. The number of nitrogens with zero attached hydrogens (tertiary/aromatic N) is 1. The van der Waals surface area contributed by atoms with Gasteiger partial charge < -0.3 is 0 Å². The van der Waals surface area contributed by atoms with Crippen molar-refractivity contribution in [2.75, 3.05) is 0 Å². The lowest BCUT2D eigenvalue weighted by atomic mass is 10.0. The SMILES string of the molecule is CC[C@@H](c1ccccc1)N1C(=O)c2c(F)c(F)c(F)c(F)c2C1=O. The third-order valence-electron chi connectivity index (χ3n) is 4.02. The van der Waals surface area contributed by atoms with E-state index in [1.54, 1.807) is 37.3 Å². The van der Waals surface area contributed by atoms with Crippen molar-refractivity contribution in [3.63, 3.8) is 0 Å². The van der Waals surface area contributed by atoms with Gasteiger partial charge >= 0.3 is 0 Å². The van der Waals surface area contributed by atoms with Crippen LogP contribution in [0.1, 0.15) is 45.7 Å². The van der Waals surface area contributed by atoms with E-state index in [2.05, 4.69) is 0 Å². The van der Waals surface area contributed by atoms with Gasteiger partial charge in [-0.2, -0.15) is 0 Å². The number of hydrogen-bond acceptors (Lipinski definition) is 2. The Morgan fingerprint density at radius 2 is 1.29 bits per heavy atom. The van der Waals surface area contributed by atoms with Gasteiger partial charge in [0.15, 0.2) is 23.3 Å². The van der Waals surface area contributed by atoms with E-state index in [1.165, 1.54) is 0 Å². The second-order valence-electron chi connectivity index (χ2n) is 5.32. The molecule has 0 spiro atoms. The fraction of sp³-hybridized carbons (Fsp3) is 0.176. The molecule has 0 aromatic heterocycles. The Bertz CT molecular complexity index is 805. The lowest BCUT2D eigenvalue weighted by molar-refractivity contribution is 0.0575. The molecule has 1 atom stereocenters. The third kappa shape index (κ3) is 2.11. The van der Waals surface area contributed by atoms with E-state index in [0.29, 0.717) is 10.5 Å². The molecule has 1 aliphatic rings. The number of halogens is 4. The first-order valence-corrected chi connectivity index (χ1v) is 7.18. The molecule has 0 saturated carbocycles. The van der Waals surface area contributed by atoms with Crippen LogP contribution in [0.15, 0.2) is 30.3 Å². The highest BCUT2D eigenvalue weighted by Gasteiger charge is 2.46. The minimum atomic E-state index is -2.11. The van der Waals surface area contributed by atoms with Crippen LogP contribution in [0.4, 0.5) is 17.6 Å². The maximum Gasteiger partial charge on any atom is 0.265 e. The molecule has 2 aromatic carbocycles. The molecule has 3 nitrogen and oxygen atoms in total. The van der Waals surface area contributed by atoms with E-state index >= 15 is 0 Å². The van der Waals surface area contributed by atoms with Gasteiger partial charge in [0.05, 0.1) is 17.2 Å². The summed E-state index contributed by atoms with van der Waals surface area (Å²) in [6, 6.07) is 7.57. The number of fused-ring (bicyclic) bond motifs is 1. The first-order chi connectivity index (χ1) is 11.4. The molecule has 7 heteroatoms. The number of imide groups is 1. The largest absolute Gasteiger partial charge is 0.268 e. The first-order valence-electron chi connectivity index (χ1n) is 7.18. The van der Waals surface area contributed by atoms with Crippen molar-refractivity contribution in [2.24, 2.45) is 0 Å². The van der Waals surface area contributed by atoms with Gasteiger partial charge in [0.1, 0.15) is 0 Å². The van der Waals surface area contributed by atoms with E-state index < -0.39 is 52.3 Å². The van der Waals surface area contributed by atoms with E-state index in [9.17, 15) is 27.2 Å². The Kier molecular flexibility index (Phi) is 3.87. The molecule has 124 valence electrons. The van der Waals surface area contributed by atoms with E-state index in [-0.39, 0.29) is 6.42 Å². The summed E-state index contributed by atoms with van der Waals surface area (Å²) >= 11 is 0. The standard InChI is InChI=1S/C17H11F4NO2/c1-2-9(8-6-4-3-5-7-8)22-16(23)10-11(17(22)24)13(19)15(21)14(20)12(10)18/h3-7,9H,2H2,1H3/t9-/m0/s1. The zero-order valence-corrected chi connectivity index (χ0v) is 12.4. The second-order valence-corrected chi connectivity index (χ2v) is 5.32. The van der Waals surface area contributed by atoms with Crippen LogP contribution < -0.4 is 0 Å². The van der Waals surface area contributed by atoms with Gasteiger partial charge in [0.25, 0.3) is 11.8 Å².